The first-order valence-electron chi connectivity index (χ1n) is 6.78. The zero-order valence-corrected chi connectivity index (χ0v) is 11.8. The lowest BCUT2D eigenvalue weighted by atomic mass is 9.95. The number of aliphatic hydroxyl groups excluding tert-OH is 1. The zero-order chi connectivity index (χ0) is 13.0. The van der Waals surface area contributed by atoms with Crippen molar-refractivity contribution in [3.05, 3.63) is 0 Å². The second-order valence-electron chi connectivity index (χ2n) is 5.77. The summed E-state index contributed by atoms with van der Waals surface area (Å²) >= 11 is 0. The molecule has 0 spiro atoms. The van der Waals surface area contributed by atoms with Crippen LogP contribution < -0.4 is 5.73 Å². The molecule has 1 saturated heterocycles. The summed E-state index contributed by atoms with van der Waals surface area (Å²) < 4.78 is 0. The van der Waals surface area contributed by atoms with Crippen LogP contribution in [0.1, 0.15) is 27.2 Å². The maximum atomic E-state index is 9.64. The van der Waals surface area contributed by atoms with Gasteiger partial charge in [-0.05, 0) is 32.9 Å². The molecule has 0 bridgehead atoms. The number of likely N-dealkylation sites (N-methyl/N-ethyl adjacent to an activating group) is 1. The molecule has 3 unspecified atom stereocenters. The van der Waals surface area contributed by atoms with Gasteiger partial charge >= 0.3 is 0 Å². The van der Waals surface area contributed by atoms with E-state index in [9.17, 15) is 5.11 Å². The van der Waals surface area contributed by atoms with Crippen molar-refractivity contribution in [2.75, 3.05) is 33.3 Å². The van der Waals surface area contributed by atoms with Gasteiger partial charge in [-0.15, -0.1) is 0 Å². The first-order valence-corrected chi connectivity index (χ1v) is 6.78. The van der Waals surface area contributed by atoms with Crippen LogP contribution in [0.5, 0.6) is 0 Å². The summed E-state index contributed by atoms with van der Waals surface area (Å²) in [6.45, 7) is 9.88. The van der Waals surface area contributed by atoms with E-state index in [4.69, 9.17) is 5.73 Å². The van der Waals surface area contributed by atoms with E-state index in [2.05, 4.69) is 37.6 Å². The number of rotatable bonds is 4. The molecule has 0 saturated carbocycles. The van der Waals surface area contributed by atoms with Gasteiger partial charge in [-0.1, -0.05) is 13.8 Å². The van der Waals surface area contributed by atoms with Crippen LogP contribution in [0.25, 0.3) is 0 Å². The molecular weight excluding hydrogens is 214 g/mol. The molecule has 3 N–H and O–H groups in total. The van der Waals surface area contributed by atoms with Gasteiger partial charge in [0.25, 0.3) is 0 Å². The van der Waals surface area contributed by atoms with Gasteiger partial charge in [0.2, 0.25) is 0 Å². The SMILES string of the molecule is CC(C)C(N)C(CO)N1CCCN(C)CC1C. The van der Waals surface area contributed by atoms with E-state index >= 15 is 0 Å². The van der Waals surface area contributed by atoms with Crippen LogP contribution in [-0.4, -0.2) is 66.3 Å². The van der Waals surface area contributed by atoms with Crippen LogP contribution in [0.4, 0.5) is 0 Å². The van der Waals surface area contributed by atoms with E-state index < -0.39 is 0 Å². The second kappa shape index (κ2) is 6.69. The van der Waals surface area contributed by atoms with Crippen molar-refractivity contribution in [3.63, 3.8) is 0 Å². The molecule has 0 aromatic carbocycles. The molecule has 0 aromatic heterocycles. The highest BCUT2D eigenvalue weighted by Gasteiger charge is 2.31. The molecule has 102 valence electrons. The summed E-state index contributed by atoms with van der Waals surface area (Å²) in [5, 5.41) is 9.64. The number of hydrogen-bond acceptors (Lipinski definition) is 4. The quantitative estimate of drug-likeness (QED) is 0.748. The second-order valence-corrected chi connectivity index (χ2v) is 5.77. The normalized spacial score (nSPS) is 28.1. The summed E-state index contributed by atoms with van der Waals surface area (Å²) in [4.78, 5) is 4.76. The molecule has 4 heteroatoms. The fourth-order valence-electron chi connectivity index (χ4n) is 2.78. The maximum absolute atomic E-state index is 9.64. The average molecular weight is 243 g/mol. The number of nitrogens with zero attached hydrogens (tertiary/aromatic N) is 2. The minimum absolute atomic E-state index is 0.0471. The summed E-state index contributed by atoms with van der Waals surface area (Å²) in [7, 11) is 2.16. The van der Waals surface area contributed by atoms with Gasteiger partial charge in [-0.2, -0.15) is 0 Å². The third kappa shape index (κ3) is 3.91. The Morgan fingerprint density at radius 1 is 1.35 bits per heavy atom. The lowest BCUT2D eigenvalue weighted by Gasteiger charge is -2.39. The average Bonchev–Trinajstić information content (AvgIpc) is 2.41. The first kappa shape index (κ1) is 14.9. The van der Waals surface area contributed by atoms with Gasteiger partial charge in [-0.3, -0.25) is 4.90 Å². The lowest BCUT2D eigenvalue weighted by Crippen LogP contribution is -2.56. The lowest BCUT2D eigenvalue weighted by molar-refractivity contribution is 0.0638. The molecule has 0 aliphatic carbocycles. The third-order valence-electron chi connectivity index (χ3n) is 3.93. The maximum Gasteiger partial charge on any atom is 0.0602 e. The van der Waals surface area contributed by atoms with Crippen LogP contribution >= 0.6 is 0 Å². The van der Waals surface area contributed by atoms with E-state index in [1.807, 2.05) is 0 Å². The topological polar surface area (TPSA) is 52.7 Å². The fraction of sp³-hybridized carbons (Fsp3) is 1.00. The molecule has 4 nitrogen and oxygen atoms in total. The number of nitrogens with two attached hydrogens (primary N) is 1. The highest BCUT2D eigenvalue weighted by atomic mass is 16.3. The van der Waals surface area contributed by atoms with E-state index in [0.717, 1.165) is 26.1 Å². The highest BCUT2D eigenvalue weighted by molar-refractivity contribution is 4.88. The van der Waals surface area contributed by atoms with Crippen LogP contribution in [-0.2, 0) is 0 Å². The van der Waals surface area contributed by atoms with Gasteiger partial charge < -0.3 is 15.7 Å². The predicted molar refractivity (Wildman–Crippen MR) is 72.0 cm³/mol. The molecule has 0 radical (unpaired) electrons. The Hall–Kier alpha value is -0.160. The smallest absolute Gasteiger partial charge is 0.0602 e. The van der Waals surface area contributed by atoms with Crippen molar-refractivity contribution in [2.24, 2.45) is 11.7 Å². The van der Waals surface area contributed by atoms with E-state index in [-0.39, 0.29) is 18.7 Å². The van der Waals surface area contributed by atoms with Crippen LogP contribution in [0.2, 0.25) is 0 Å². The molecule has 1 fully saturated rings. The molecule has 0 aromatic rings. The Labute approximate surface area is 106 Å². The number of hydrogen-bond donors (Lipinski definition) is 2. The molecule has 17 heavy (non-hydrogen) atoms. The third-order valence-corrected chi connectivity index (χ3v) is 3.93. The monoisotopic (exact) mass is 243 g/mol. The molecule has 1 aliphatic rings. The first-order chi connectivity index (χ1) is 7.97. The predicted octanol–water partition coefficient (Wildman–Crippen LogP) is 0.357. The molecule has 3 atom stereocenters. The van der Waals surface area contributed by atoms with Crippen LogP contribution in [0, 0.1) is 5.92 Å². The largest absolute Gasteiger partial charge is 0.395 e. The molecule has 1 rings (SSSR count). The van der Waals surface area contributed by atoms with Crippen LogP contribution in [0.15, 0.2) is 0 Å². The number of aliphatic hydroxyl groups is 1. The fourth-order valence-corrected chi connectivity index (χ4v) is 2.78. The Bertz CT molecular complexity index is 223. The van der Waals surface area contributed by atoms with E-state index in [1.54, 1.807) is 0 Å². The Balaban J connectivity index is 2.72. The minimum atomic E-state index is 0.0471. The Morgan fingerprint density at radius 3 is 2.53 bits per heavy atom. The van der Waals surface area contributed by atoms with Crippen molar-refractivity contribution in [1.29, 1.82) is 0 Å². The molecular formula is C13H29N3O. The van der Waals surface area contributed by atoms with Crippen molar-refractivity contribution >= 4 is 0 Å². The van der Waals surface area contributed by atoms with Crippen molar-refractivity contribution in [3.8, 4) is 0 Å². The van der Waals surface area contributed by atoms with Gasteiger partial charge in [0.1, 0.15) is 0 Å². The summed E-state index contributed by atoms with van der Waals surface area (Å²) in [5.41, 5.74) is 6.23. The summed E-state index contributed by atoms with van der Waals surface area (Å²) in [5.74, 6) is 0.403. The standard InChI is InChI=1S/C13H29N3O/c1-10(2)13(14)12(9-17)16-7-5-6-15(4)8-11(16)3/h10-13,17H,5-9,14H2,1-4H3. The van der Waals surface area contributed by atoms with Crippen molar-refractivity contribution in [2.45, 2.75) is 45.3 Å². The molecule has 1 aliphatic heterocycles. The molecule has 1 heterocycles. The van der Waals surface area contributed by atoms with E-state index in [1.165, 1.54) is 0 Å². The highest BCUT2D eigenvalue weighted by Crippen LogP contribution is 2.17. The van der Waals surface area contributed by atoms with Crippen LogP contribution in [0.3, 0.4) is 0 Å². The minimum Gasteiger partial charge on any atom is -0.395 e. The Morgan fingerprint density at radius 2 is 2.00 bits per heavy atom. The van der Waals surface area contributed by atoms with Gasteiger partial charge in [0, 0.05) is 31.2 Å². The zero-order valence-electron chi connectivity index (χ0n) is 11.8. The van der Waals surface area contributed by atoms with Crippen molar-refractivity contribution < 1.29 is 5.11 Å². The Kier molecular flexibility index (Phi) is 5.86. The molecule has 0 amide bonds. The van der Waals surface area contributed by atoms with Gasteiger partial charge in [-0.25, -0.2) is 0 Å². The van der Waals surface area contributed by atoms with Crippen molar-refractivity contribution in [1.82, 2.24) is 9.80 Å². The van der Waals surface area contributed by atoms with Gasteiger partial charge in [0.15, 0.2) is 0 Å². The summed E-state index contributed by atoms with van der Waals surface area (Å²) in [6.07, 6.45) is 1.15. The summed E-state index contributed by atoms with van der Waals surface area (Å²) in [6, 6.07) is 0.604. The van der Waals surface area contributed by atoms with E-state index in [0.29, 0.717) is 12.0 Å². The van der Waals surface area contributed by atoms with Gasteiger partial charge in [0.05, 0.1) is 6.61 Å².